The molecule has 7 heteroatoms. The Hall–Kier alpha value is -3.09. The standard InChI is InChI=1S/C20H23N3O4/c1-15-5-7-17(8-6-15)23(16(2)24)14-19(25)21-9-11-22(12-10-21)20(26)18-4-3-13-27-18/h3-8,13H,9-12,14H2,1-2H3. The molecule has 0 bridgehead atoms. The largest absolute Gasteiger partial charge is 0.459 e. The summed E-state index contributed by atoms with van der Waals surface area (Å²) in [6.07, 6.45) is 1.47. The van der Waals surface area contributed by atoms with Crippen LogP contribution in [0, 0.1) is 6.92 Å². The predicted molar refractivity (Wildman–Crippen MR) is 100 cm³/mol. The Bertz CT molecular complexity index is 806. The number of rotatable bonds is 4. The zero-order valence-electron chi connectivity index (χ0n) is 15.6. The zero-order valence-corrected chi connectivity index (χ0v) is 15.6. The molecule has 2 heterocycles. The maximum Gasteiger partial charge on any atom is 0.289 e. The number of anilines is 1. The lowest BCUT2D eigenvalue weighted by Gasteiger charge is -2.35. The molecule has 1 aliphatic rings. The molecule has 0 radical (unpaired) electrons. The fourth-order valence-electron chi connectivity index (χ4n) is 3.06. The van der Waals surface area contributed by atoms with Crippen molar-refractivity contribution in [1.82, 2.24) is 9.80 Å². The number of hydrogen-bond donors (Lipinski definition) is 0. The first-order chi connectivity index (χ1) is 13.0. The summed E-state index contributed by atoms with van der Waals surface area (Å²) in [5.74, 6) is -0.177. The van der Waals surface area contributed by atoms with E-state index in [1.165, 1.54) is 18.1 Å². The highest BCUT2D eigenvalue weighted by molar-refractivity contribution is 5.97. The highest BCUT2D eigenvalue weighted by atomic mass is 16.3. The van der Waals surface area contributed by atoms with E-state index in [9.17, 15) is 14.4 Å². The van der Waals surface area contributed by atoms with E-state index in [0.717, 1.165) is 5.56 Å². The third-order valence-electron chi connectivity index (χ3n) is 4.67. The molecule has 0 atom stereocenters. The van der Waals surface area contributed by atoms with Crippen molar-refractivity contribution in [3.8, 4) is 0 Å². The molecule has 3 rings (SSSR count). The van der Waals surface area contributed by atoms with Crippen LogP contribution >= 0.6 is 0 Å². The Morgan fingerprint density at radius 1 is 1.00 bits per heavy atom. The van der Waals surface area contributed by atoms with Crippen molar-refractivity contribution in [1.29, 1.82) is 0 Å². The molecule has 0 N–H and O–H groups in total. The number of carbonyl (C=O) groups is 3. The van der Waals surface area contributed by atoms with E-state index >= 15 is 0 Å². The van der Waals surface area contributed by atoms with Gasteiger partial charge in [-0.25, -0.2) is 0 Å². The number of piperazine rings is 1. The molecule has 2 aromatic rings. The number of furan rings is 1. The number of amides is 3. The van der Waals surface area contributed by atoms with Gasteiger partial charge in [-0.05, 0) is 31.2 Å². The van der Waals surface area contributed by atoms with Crippen LogP contribution in [0.2, 0.25) is 0 Å². The SMILES string of the molecule is CC(=O)N(CC(=O)N1CCN(C(=O)c2ccco2)CC1)c1ccc(C)cc1. The second-order valence-electron chi connectivity index (χ2n) is 6.59. The van der Waals surface area contributed by atoms with Crippen molar-refractivity contribution in [2.45, 2.75) is 13.8 Å². The van der Waals surface area contributed by atoms with Gasteiger partial charge in [-0.15, -0.1) is 0 Å². The number of aryl methyl sites for hydroxylation is 1. The van der Waals surface area contributed by atoms with E-state index in [1.807, 2.05) is 31.2 Å². The van der Waals surface area contributed by atoms with Gasteiger partial charge in [-0.3, -0.25) is 14.4 Å². The molecule has 0 aliphatic carbocycles. The topological polar surface area (TPSA) is 74.1 Å². The van der Waals surface area contributed by atoms with Crippen molar-refractivity contribution in [3.05, 3.63) is 54.0 Å². The van der Waals surface area contributed by atoms with Gasteiger partial charge in [0.05, 0.1) is 6.26 Å². The van der Waals surface area contributed by atoms with E-state index in [2.05, 4.69) is 0 Å². The van der Waals surface area contributed by atoms with Gasteiger partial charge in [-0.1, -0.05) is 17.7 Å². The number of hydrogen-bond acceptors (Lipinski definition) is 4. The number of benzene rings is 1. The van der Waals surface area contributed by atoms with Crippen LogP contribution < -0.4 is 4.90 Å². The van der Waals surface area contributed by atoms with Crippen molar-refractivity contribution in [2.24, 2.45) is 0 Å². The molecule has 1 fully saturated rings. The minimum atomic E-state index is -0.182. The second kappa shape index (κ2) is 8.07. The Kier molecular flexibility index (Phi) is 5.59. The quantitative estimate of drug-likeness (QED) is 0.825. The zero-order chi connectivity index (χ0) is 19.4. The molecule has 1 aliphatic heterocycles. The third-order valence-corrected chi connectivity index (χ3v) is 4.67. The van der Waals surface area contributed by atoms with E-state index in [1.54, 1.807) is 21.9 Å². The summed E-state index contributed by atoms with van der Waals surface area (Å²) >= 11 is 0. The molecular weight excluding hydrogens is 346 g/mol. The highest BCUT2D eigenvalue weighted by Crippen LogP contribution is 2.16. The lowest BCUT2D eigenvalue weighted by Crippen LogP contribution is -2.53. The Morgan fingerprint density at radius 3 is 2.19 bits per heavy atom. The molecule has 7 nitrogen and oxygen atoms in total. The van der Waals surface area contributed by atoms with Gasteiger partial charge in [0.25, 0.3) is 5.91 Å². The minimum Gasteiger partial charge on any atom is -0.459 e. The summed E-state index contributed by atoms with van der Waals surface area (Å²) in [6, 6.07) is 10.8. The first kappa shape index (κ1) is 18.7. The maximum absolute atomic E-state index is 12.7. The van der Waals surface area contributed by atoms with Gasteiger partial charge in [-0.2, -0.15) is 0 Å². The molecule has 27 heavy (non-hydrogen) atoms. The summed E-state index contributed by atoms with van der Waals surface area (Å²) in [4.78, 5) is 41.8. The maximum atomic E-state index is 12.7. The molecule has 1 saturated heterocycles. The molecule has 0 saturated carbocycles. The Balaban J connectivity index is 1.59. The van der Waals surface area contributed by atoms with Crippen LogP contribution in [0.1, 0.15) is 23.0 Å². The Labute approximate surface area is 158 Å². The summed E-state index contributed by atoms with van der Waals surface area (Å²) in [6.45, 7) is 5.16. The van der Waals surface area contributed by atoms with Gasteiger partial charge in [0.2, 0.25) is 11.8 Å². The van der Waals surface area contributed by atoms with Gasteiger partial charge in [0.15, 0.2) is 5.76 Å². The fraction of sp³-hybridized carbons (Fsp3) is 0.350. The first-order valence-electron chi connectivity index (χ1n) is 8.91. The average molecular weight is 369 g/mol. The molecule has 142 valence electrons. The van der Waals surface area contributed by atoms with Crippen LogP contribution in [0.15, 0.2) is 47.1 Å². The average Bonchev–Trinajstić information content (AvgIpc) is 3.21. The second-order valence-corrected chi connectivity index (χ2v) is 6.59. The molecule has 1 aromatic heterocycles. The molecule has 0 unspecified atom stereocenters. The van der Waals surface area contributed by atoms with Crippen molar-refractivity contribution in [3.63, 3.8) is 0 Å². The number of carbonyl (C=O) groups excluding carboxylic acids is 3. The molecule has 3 amide bonds. The lowest BCUT2D eigenvalue weighted by atomic mass is 10.2. The molecule has 0 spiro atoms. The van der Waals surface area contributed by atoms with Crippen LogP contribution in [0.4, 0.5) is 5.69 Å². The summed E-state index contributed by atoms with van der Waals surface area (Å²) < 4.78 is 5.14. The summed E-state index contributed by atoms with van der Waals surface area (Å²) in [7, 11) is 0. The van der Waals surface area contributed by atoms with E-state index in [-0.39, 0.29) is 24.3 Å². The smallest absolute Gasteiger partial charge is 0.289 e. The predicted octanol–water partition coefficient (Wildman–Crippen LogP) is 1.93. The van der Waals surface area contributed by atoms with Crippen LogP contribution in [0.25, 0.3) is 0 Å². The van der Waals surface area contributed by atoms with Crippen LogP contribution in [-0.4, -0.2) is 60.2 Å². The summed E-state index contributed by atoms with van der Waals surface area (Å²) in [5.41, 5.74) is 1.79. The van der Waals surface area contributed by atoms with Gasteiger partial charge >= 0.3 is 0 Å². The minimum absolute atomic E-state index is 0.00940. The summed E-state index contributed by atoms with van der Waals surface area (Å²) in [5, 5.41) is 0. The Morgan fingerprint density at radius 2 is 1.63 bits per heavy atom. The van der Waals surface area contributed by atoms with Crippen molar-refractivity contribution in [2.75, 3.05) is 37.6 Å². The van der Waals surface area contributed by atoms with Crippen LogP contribution in [0.3, 0.4) is 0 Å². The van der Waals surface area contributed by atoms with E-state index < -0.39 is 0 Å². The fourth-order valence-corrected chi connectivity index (χ4v) is 3.06. The van der Waals surface area contributed by atoms with Gasteiger partial charge in [0, 0.05) is 38.8 Å². The molecular formula is C20H23N3O4. The van der Waals surface area contributed by atoms with Crippen molar-refractivity contribution < 1.29 is 18.8 Å². The number of nitrogens with zero attached hydrogens (tertiary/aromatic N) is 3. The van der Waals surface area contributed by atoms with E-state index in [0.29, 0.717) is 37.6 Å². The van der Waals surface area contributed by atoms with Crippen LogP contribution in [0.5, 0.6) is 0 Å². The highest BCUT2D eigenvalue weighted by Gasteiger charge is 2.27. The van der Waals surface area contributed by atoms with Gasteiger partial charge < -0.3 is 19.1 Å². The van der Waals surface area contributed by atoms with Crippen molar-refractivity contribution >= 4 is 23.4 Å². The normalized spacial score (nSPS) is 14.1. The molecule has 1 aromatic carbocycles. The van der Waals surface area contributed by atoms with E-state index in [4.69, 9.17) is 4.42 Å². The van der Waals surface area contributed by atoms with Crippen LogP contribution in [-0.2, 0) is 9.59 Å². The monoisotopic (exact) mass is 369 g/mol. The lowest BCUT2D eigenvalue weighted by molar-refractivity contribution is -0.132. The first-order valence-corrected chi connectivity index (χ1v) is 8.91. The van der Waals surface area contributed by atoms with Gasteiger partial charge in [0.1, 0.15) is 6.54 Å². The third kappa shape index (κ3) is 4.36.